The SMILES string of the molecule is Nc1ccc2nc(SCCCCCCO)[nH]c2c1. The summed E-state index contributed by atoms with van der Waals surface area (Å²) >= 11 is 1.74. The van der Waals surface area contributed by atoms with Crippen LogP contribution in [0.1, 0.15) is 25.7 Å². The Morgan fingerprint density at radius 2 is 2.06 bits per heavy atom. The Hall–Kier alpha value is -1.20. The molecule has 1 aromatic carbocycles. The predicted molar refractivity (Wildman–Crippen MR) is 76.8 cm³/mol. The summed E-state index contributed by atoms with van der Waals surface area (Å²) in [4.78, 5) is 7.77. The molecule has 0 fully saturated rings. The number of nitrogens with one attached hydrogen (secondary N) is 1. The fourth-order valence-corrected chi connectivity index (χ4v) is 2.70. The van der Waals surface area contributed by atoms with E-state index in [2.05, 4.69) is 9.97 Å². The molecule has 0 aliphatic carbocycles. The van der Waals surface area contributed by atoms with Gasteiger partial charge in [0.15, 0.2) is 5.16 Å². The van der Waals surface area contributed by atoms with Gasteiger partial charge in [0.2, 0.25) is 0 Å². The van der Waals surface area contributed by atoms with E-state index in [9.17, 15) is 0 Å². The number of aromatic nitrogens is 2. The number of benzene rings is 1. The lowest BCUT2D eigenvalue weighted by molar-refractivity contribution is 0.283. The van der Waals surface area contributed by atoms with Gasteiger partial charge in [0.1, 0.15) is 0 Å². The van der Waals surface area contributed by atoms with Gasteiger partial charge in [0.05, 0.1) is 11.0 Å². The van der Waals surface area contributed by atoms with E-state index in [1.165, 1.54) is 6.42 Å². The molecule has 0 radical (unpaired) electrons. The average molecular weight is 265 g/mol. The Bertz CT molecular complexity index is 498. The highest BCUT2D eigenvalue weighted by Crippen LogP contribution is 2.22. The molecular weight excluding hydrogens is 246 g/mol. The third kappa shape index (κ3) is 3.65. The predicted octanol–water partition coefficient (Wildman–Crippen LogP) is 2.79. The Morgan fingerprint density at radius 1 is 1.22 bits per heavy atom. The van der Waals surface area contributed by atoms with E-state index in [0.29, 0.717) is 6.61 Å². The summed E-state index contributed by atoms with van der Waals surface area (Å²) in [6.45, 7) is 0.304. The molecule has 5 heteroatoms. The van der Waals surface area contributed by atoms with Crippen LogP contribution in [0.4, 0.5) is 5.69 Å². The quantitative estimate of drug-likeness (QED) is 0.409. The van der Waals surface area contributed by atoms with Crippen LogP contribution in [0.5, 0.6) is 0 Å². The van der Waals surface area contributed by atoms with Crippen LogP contribution >= 0.6 is 11.8 Å². The first-order valence-corrected chi connectivity index (χ1v) is 7.27. The fourth-order valence-electron chi connectivity index (χ4n) is 1.81. The van der Waals surface area contributed by atoms with Gasteiger partial charge in [-0.15, -0.1) is 0 Å². The zero-order valence-electron chi connectivity index (χ0n) is 10.4. The van der Waals surface area contributed by atoms with Crippen LogP contribution in [0.3, 0.4) is 0 Å². The Morgan fingerprint density at radius 3 is 2.89 bits per heavy atom. The van der Waals surface area contributed by atoms with Gasteiger partial charge in [0, 0.05) is 18.0 Å². The summed E-state index contributed by atoms with van der Waals surface area (Å²) < 4.78 is 0. The number of aliphatic hydroxyl groups excluding tert-OH is 1. The van der Waals surface area contributed by atoms with Gasteiger partial charge in [-0.05, 0) is 31.0 Å². The van der Waals surface area contributed by atoms with Gasteiger partial charge >= 0.3 is 0 Å². The number of imidazole rings is 1. The highest BCUT2D eigenvalue weighted by molar-refractivity contribution is 7.99. The van der Waals surface area contributed by atoms with E-state index in [1.807, 2.05) is 18.2 Å². The van der Waals surface area contributed by atoms with Crippen LogP contribution in [-0.2, 0) is 0 Å². The number of anilines is 1. The standard InChI is InChI=1S/C13H19N3OS/c14-10-5-6-11-12(9-10)16-13(15-11)18-8-4-2-1-3-7-17/h5-6,9,17H,1-4,7-8,14H2,(H,15,16). The summed E-state index contributed by atoms with van der Waals surface area (Å²) in [6.07, 6.45) is 4.34. The van der Waals surface area contributed by atoms with Crippen LogP contribution in [0, 0.1) is 0 Å². The van der Waals surface area contributed by atoms with Gasteiger partial charge in [0.25, 0.3) is 0 Å². The number of nitrogen functional groups attached to an aromatic ring is 1. The van der Waals surface area contributed by atoms with Gasteiger partial charge in [-0.25, -0.2) is 4.98 Å². The molecule has 1 aromatic heterocycles. The minimum absolute atomic E-state index is 0.304. The summed E-state index contributed by atoms with van der Waals surface area (Å²) in [7, 11) is 0. The van der Waals surface area contributed by atoms with E-state index in [1.54, 1.807) is 11.8 Å². The second-order valence-corrected chi connectivity index (χ2v) is 5.39. The number of aliphatic hydroxyl groups is 1. The maximum absolute atomic E-state index is 8.67. The summed E-state index contributed by atoms with van der Waals surface area (Å²) in [5.74, 6) is 1.06. The third-order valence-corrected chi connectivity index (χ3v) is 3.74. The maximum atomic E-state index is 8.67. The highest BCUT2D eigenvalue weighted by atomic mass is 32.2. The first-order chi connectivity index (χ1) is 8.79. The van der Waals surface area contributed by atoms with E-state index in [0.717, 1.165) is 46.9 Å². The highest BCUT2D eigenvalue weighted by Gasteiger charge is 2.03. The van der Waals surface area contributed by atoms with Crippen LogP contribution in [0.2, 0.25) is 0 Å². The van der Waals surface area contributed by atoms with Gasteiger partial charge < -0.3 is 15.8 Å². The van der Waals surface area contributed by atoms with Crippen molar-refractivity contribution in [1.29, 1.82) is 0 Å². The molecule has 2 aromatic rings. The molecule has 98 valence electrons. The molecule has 0 spiro atoms. The van der Waals surface area contributed by atoms with Crippen molar-refractivity contribution in [2.45, 2.75) is 30.8 Å². The van der Waals surface area contributed by atoms with Crippen molar-refractivity contribution >= 4 is 28.5 Å². The van der Waals surface area contributed by atoms with Crippen molar-refractivity contribution in [2.24, 2.45) is 0 Å². The van der Waals surface area contributed by atoms with Crippen LogP contribution in [0.15, 0.2) is 23.4 Å². The molecule has 0 saturated carbocycles. The van der Waals surface area contributed by atoms with Crippen LogP contribution in [-0.4, -0.2) is 27.4 Å². The van der Waals surface area contributed by atoms with Crippen molar-refractivity contribution in [1.82, 2.24) is 9.97 Å². The van der Waals surface area contributed by atoms with E-state index >= 15 is 0 Å². The molecule has 0 saturated heterocycles. The Kier molecular flexibility index (Phi) is 4.90. The van der Waals surface area contributed by atoms with E-state index in [4.69, 9.17) is 10.8 Å². The molecule has 0 aliphatic rings. The van der Waals surface area contributed by atoms with Gasteiger partial charge in [-0.2, -0.15) is 0 Å². The number of unbranched alkanes of at least 4 members (excludes halogenated alkanes) is 3. The number of fused-ring (bicyclic) bond motifs is 1. The third-order valence-electron chi connectivity index (χ3n) is 2.78. The van der Waals surface area contributed by atoms with Gasteiger partial charge in [-0.1, -0.05) is 24.6 Å². The molecule has 4 nitrogen and oxygen atoms in total. The van der Waals surface area contributed by atoms with Crippen molar-refractivity contribution < 1.29 is 5.11 Å². The lowest BCUT2D eigenvalue weighted by Crippen LogP contribution is -1.86. The Labute approximate surface area is 111 Å². The maximum Gasteiger partial charge on any atom is 0.166 e. The summed E-state index contributed by atoms with van der Waals surface area (Å²) in [5.41, 5.74) is 8.45. The molecule has 0 bridgehead atoms. The number of H-pyrrole nitrogens is 1. The number of nitrogens with two attached hydrogens (primary N) is 1. The first kappa shape index (κ1) is 13.2. The number of nitrogens with zero attached hydrogens (tertiary/aromatic N) is 1. The van der Waals surface area contributed by atoms with E-state index < -0.39 is 0 Å². The lowest BCUT2D eigenvalue weighted by atomic mass is 10.2. The Balaban J connectivity index is 1.81. The number of rotatable bonds is 7. The number of hydrogen-bond donors (Lipinski definition) is 3. The van der Waals surface area contributed by atoms with Crippen LogP contribution in [0.25, 0.3) is 11.0 Å². The van der Waals surface area contributed by atoms with Crippen molar-refractivity contribution in [2.75, 3.05) is 18.1 Å². The lowest BCUT2D eigenvalue weighted by Gasteiger charge is -1.98. The molecule has 18 heavy (non-hydrogen) atoms. The zero-order valence-corrected chi connectivity index (χ0v) is 11.2. The molecular formula is C13H19N3OS. The monoisotopic (exact) mass is 265 g/mol. The van der Waals surface area contributed by atoms with Crippen molar-refractivity contribution in [3.8, 4) is 0 Å². The molecule has 0 atom stereocenters. The molecule has 0 aliphatic heterocycles. The molecule has 4 N–H and O–H groups in total. The van der Waals surface area contributed by atoms with Crippen molar-refractivity contribution in [3.63, 3.8) is 0 Å². The fraction of sp³-hybridized carbons (Fsp3) is 0.462. The topological polar surface area (TPSA) is 74.9 Å². The largest absolute Gasteiger partial charge is 0.399 e. The van der Waals surface area contributed by atoms with Gasteiger partial charge in [-0.3, -0.25) is 0 Å². The smallest absolute Gasteiger partial charge is 0.166 e. The summed E-state index contributed by atoms with van der Waals surface area (Å²) in [5, 5.41) is 9.63. The second-order valence-electron chi connectivity index (χ2n) is 4.30. The van der Waals surface area contributed by atoms with E-state index in [-0.39, 0.29) is 0 Å². The number of thioether (sulfide) groups is 1. The normalized spacial score (nSPS) is 11.2. The number of hydrogen-bond acceptors (Lipinski definition) is 4. The molecule has 0 amide bonds. The minimum atomic E-state index is 0.304. The molecule has 0 unspecified atom stereocenters. The summed E-state index contributed by atoms with van der Waals surface area (Å²) in [6, 6.07) is 5.71. The average Bonchev–Trinajstić information content (AvgIpc) is 2.75. The van der Waals surface area contributed by atoms with Crippen molar-refractivity contribution in [3.05, 3.63) is 18.2 Å². The minimum Gasteiger partial charge on any atom is -0.399 e. The zero-order chi connectivity index (χ0) is 12.8. The van der Waals surface area contributed by atoms with Crippen LogP contribution < -0.4 is 5.73 Å². The second kappa shape index (κ2) is 6.66. The first-order valence-electron chi connectivity index (χ1n) is 6.28. The molecule has 1 heterocycles. The molecule has 2 rings (SSSR count). The number of aromatic amines is 1.